The molecule has 0 spiro atoms. The molecule has 0 saturated heterocycles. The summed E-state index contributed by atoms with van der Waals surface area (Å²) in [5, 5.41) is 11.7. The van der Waals surface area contributed by atoms with Gasteiger partial charge >= 0.3 is 5.97 Å². The summed E-state index contributed by atoms with van der Waals surface area (Å²) in [6.07, 6.45) is 0.563. The van der Waals surface area contributed by atoms with Crippen molar-refractivity contribution in [1.29, 1.82) is 0 Å². The van der Waals surface area contributed by atoms with Crippen molar-refractivity contribution >= 4 is 18.1 Å². The zero-order valence-electron chi connectivity index (χ0n) is 14.8. The zero-order chi connectivity index (χ0) is 20.1. The summed E-state index contributed by atoms with van der Waals surface area (Å²) in [6, 6.07) is 12.9. The molecule has 0 saturated carbocycles. The lowest BCUT2D eigenvalue weighted by atomic mass is 10.2. The van der Waals surface area contributed by atoms with E-state index >= 15 is 0 Å². The van der Waals surface area contributed by atoms with E-state index in [1.54, 1.807) is 24.3 Å². The van der Waals surface area contributed by atoms with Gasteiger partial charge in [-0.15, -0.1) is 0 Å². The van der Waals surface area contributed by atoms with Crippen LogP contribution < -0.4 is 10.1 Å². The molecule has 1 unspecified atom stereocenters. The van der Waals surface area contributed by atoms with E-state index in [9.17, 15) is 14.0 Å². The minimum absolute atomic E-state index is 0.122. The maximum absolute atomic E-state index is 13.0. The van der Waals surface area contributed by atoms with E-state index in [1.165, 1.54) is 37.3 Å². The van der Waals surface area contributed by atoms with Crippen LogP contribution in [0.25, 0.3) is 11.4 Å². The Balaban J connectivity index is 1.83. The second kappa shape index (κ2) is 8.26. The van der Waals surface area contributed by atoms with Crippen LogP contribution in [-0.2, 0) is 4.79 Å². The highest BCUT2D eigenvalue weighted by Gasteiger charge is 2.13. The average Bonchev–Trinajstić information content (AvgIpc) is 2.70. The first-order valence-electron chi connectivity index (χ1n) is 8.32. The number of nitrogens with zero attached hydrogens (tertiary/aromatic N) is 2. The van der Waals surface area contributed by atoms with E-state index in [4.69, 9.17) is 9.84 Å². The van der Waals surface area contributed by atoms with Gasteiger partial charge in [0.15, 0.2) is 12.1 Å². The fourth-order valence-electron chi connectivity index (χ4n) is 2.32. The van der Waals surface area contributed by atoms with Crippen LogP contribution in [-0.4, -0.2) is 33.4 Å². The van der Waals surface area contributed by atoms with Gasteiger partial charge < -0.3 is 15.2 Å². The van der Waals surface area contributed by atoms with E-state index in [0.717, 1.165) is 0 Å². The monoisotopic (exact) mass is 381 g/mol. The van der Waals surface area contributed by atoms with Crippen LogP contribution >= 0.6 is 0 Å². The number of aliphatic carboxylic acids is 1. The number of aromatic nitrogens is 2. The molecule has 1 aromatic heterocycles. The molecule has 0 aliphatic rings. The predicted molar refractivity (Wildman–Crippen MR) is 100 cm³/mol. The summed E-state index contributed by atoms with van der Waals surface area (Å²) in [5.74, 6) is 0.112. The van der Waals surface area contributed by atoms with Crippen molar-refractivity contribution in [3.8, 4) is 22.9 Å². The summed E-state index contributed by atoms with van der Waals surface area (Å²) in [6.45, 7) is 1.46. The van der Waals surface area contributed by atoms with Gasteiger partial charge in [0, 0.05) is 11.6 Å². The lowest BCUT2D eigenvalue weighted by Gasteiger charge is -2.12. The Bertz CT molecular complexity index is 991. The third kappa shape index (κ3) is 4.67. The van der Waals surface area contributed by atoms with E-state index in [2.05, 4.69) is 15.3 Å². The van der Waals surface area contributed by atoms with Gasteiger partial charge in [0.2, 0.25) is 0 Å². The summed E-state index contributed by atoms with van der Waals surface area (Å²) >= 11 is 0. The lowest BCUT2D eigenvalue weighted by molar-refractivity contribution is -0.137. The molecule has 8 heteroatoms. The van der Waals surface area contributed by atoms with Gasteiger partial charge in [0.25, 0.3) is 0 Å². The number of carbonyl (C=O) groups is 2. The number of carboxylic acids is 1. The van der Waals surface area contributed by atoms with Crippen LogP contribution in [0.2, 0.25) is 0 Å². The highest BCUT2D eigenvalue weighted by molar-refractivity contribution is 5.78. The Labute approximate surface area is 159 Å². The fourth-order valence-corrected chi connectivity index (χ4v) is 2.32. The van der Waals surface area contributed by atoms with Crippen molar-refractivity contribution in [1.82, 2.24) is 9.97 Å². The van der Waals surface area contributed by atoms with E-state index in [0.29, 0.717) is 23.3 Å². The number of benzene rings is 2. The minimum Gasteiger partial charge on any atom is -0.480 e. The first kappa shape index (κ1) is 19.0. The Morgan fingerprint density at radius 3 is 2.29 bits per heavy atom. The molecule has 7 nitrogen and oxygen atoms in total. The number of carbonyl (C=O) groups excluding carboxylic acids is 1. The minimum atomic E-state index is -1.05. The first-order valence-corrected chi connectivity index (χ1v) is 8.32. The summed E-state index contributed by atoms with van der Waals surface area (Å²) in [4.78, 5) is 30.6. The summed E-state index contributed by atoms with van der Waals surface area (Å²) < 4.78 is 18.6. The predicted octanol–water partition coefficient (Wildman–Crippen LogP) is 3.77. The van der Waals surface area contributed by atoms with Crippen LogP contribution in [0.5, 0.6) is 11.5 Å². The van der Waals surface area contributed by atoms with Crippen molar-refractivity contribution in [2.75, 3.05) is 5.32 Å². The molecule has 3 rings (SSSR count). The number of hydrogen-bond acceptors (Lipinski definition) is 6. The van der Waals surface area contributed by atoms with Crippen LogP contribution in [0.4, 0.5) is 10.2 Å². The van der Waals surface area contributed by atoms with Crippen LogP contribution in [0.3, 0.4) is 0 Å². The molecule has 2 N–H and O–H groups in total. The SMILES string of the molecule is CC(Nc1cc(C=O)nc(-c2ccc(Oc3ccc(F)cc3)cc2)n1)C(=O)O. The second-order valence-electron chi connectivity index (χ2n) is 5.90. The first-order chi connectivity index (χ1) is 13.4. The van der Waals surface area contributed by atoms with Crippen molar-refractivity contribution in [3.63, 3.8) is 0 Å². The molecule has 142 valence electrons. The van der Waals surface area contributed by atoms with Crippen molar-refractivity contribution in [3.05, 3.63) is 66.1 Å². The number of carboxylic acid groups (broad SMARTS) is 1. The van der Waals surface area contributed by atoms with Gasteiger partial charge in [-0.2, -0.15) is 0 Å². The third-order valence-corrected chi connectivity index (χ3v) is 3.76. The molecular formula is C20H16FN3O4. The molecule has 1 atom stereocenters. The Morgan fingerprint density at radius 2 is 1.71 bits per heavy atom. The number of rotatable bonds is 7. The molecule has 28 heavy (non-hydrogen) atoms. The topological polar surface area (TPSA) is 101 Å². The smallest absolute Gasteiger partial charge is 0.325 e. The molecule has 0 fully saturated rings. The molecular weight excluding hydrogens is 365 g/mol. The third-order valence-electron chi connectivity index (χ3n) is 3.76. The number of hydrogen-bond donors (Lipinski definition) is 2. The molecule has 0 bridgehead atoms. The lowest BCUT2D eigenvalue weighted by Crippen LogP contribution is -2.26. The summed E-state index contributed by atoms with van der Waals surface area (Å²) in [7, 11) is 0. The fraction of sp³-hybridized carbons (Fsp3) is 0.100. The molecule has 3 aromatic rings. The Hall–Kier alpha value is -3.81. The number of ether oxygens (including phenoxy) is 1. The van der Waals surface area contributed by atoms with Gasteiger partial charge in [0.05, 0.1) is 0 Å². The molecule has 2 aromatic carbocycles. The van der Waals surface area contributed by atoms with Crippen molar-refractivity contribution < 1.29 is 23.8 Å². The average molecular weight is 381 g/mol. The van der Waals surface area contributed by atoms with Crippen molar-refractivity contribution in [2.24, 2.45) is 0 Å². The van der Waals surface area contributed by atoms with E-state index < -0.39 is 12.0 Å². The highest BCUT2D eigenvalue weighted by atomic mass is 19.1. The standard InChI is InChI=1S/C20H16FN3O4/c1-12(20(26)27)22-18-10-15(11-25)23-19(24-18)13-2-6-16(7-3-13)28-17-8-4-14(21)5-9-17/h2-12H,1H3,(H,26,27)(H,22,23,24). The van der Waals surface area contributed by atoms with E-state index in [1.807, 2.05) is 0 Å². The van der Waals surface area contributed by atoms with Gasteiger partial charge in [0.1, 0.15) is 34.9 Å². The number of halogens is 1. The van der Waals surface area contributed by atoms with Crippen molar-refractivity contribution in [2.45, 2.75) is 13.0 Å². The normalized spacial score (nSPS) is 11.5. The molecule has 1 heterocycles. The van der Waals surface area contributed by atoms with Crippen LogP contribution in [0, 0.1) is 5.82 Å². The Kier molecular flexibility index (Phi) is 5.59. The van der Waals surface area contributed by atoms with Gasteiger partial charge in [-0.05, 0) is 55.5 Å². The number of aldehydes is 1. The van der Waals surface area contributed by atoms with Crippen LogP contribution in [0.1, 0.15) is 17.4 Å². The van der Waals surface area contributed by atoms with Crippen LogP contribution in [0.15, 0.2) is 54.6 Å². The van der Waals surface area contributed by atoms with E-state index in [-0.39, 0.29) is 23.2 Å². The van der Waals surface area contributed by atoms with Gasteiger partial charge in [-0.25, -0.2) is 14.4 Å². The number of anilines is 1. The molecule has 0 amide bonds. The molecule has 0 aliphatic carbocycles. The molecule has 0 aliphatic heterocycles. The molecule has 0 radical (unpaired) electrons. The highest BCUT2D eigenvalue weighted by Crippen LogP contribution is 2.25. The second-order valence-corrected chi connectivity index (χ2v) is 5.90. The van der Waals surface area contributed by atoms with Gasteiger partial charge in [-0.3, -0.25) is 9.59 Å². The zero-order valence-corrected chi connectivity index (χ0v) is 14.8. The maximum Gasteiger partial charge on any atom is 0.325 e. The largest absolute Gasteiger partial charge is 0.480 e. The number of nitrogens with one attached hydrogen (secondary N) is 1. The maximum atomic E-state index is 13.0. The quantitative estimate of drug-likeness (QED) is 0.601. The Morgan fingerprint density at radius 1 is 1.11 bits per heavy atom. The van der Waals surface area contributed by atoms with Gasteiger partial charge in [-0.1, -0.05) is 0 Å². The summed E-state index contributed by atoms with van der Waals surface area (Å²) in [5.41, 5.74) is 0.734.